The van der Waals surface area contributed by atoms with Crippen LogP contribution >= 0.6 is 0 Å². The molecular weight excluding hydrogens is 499 g/mol. The van der Waals surface area contributed by atoms with E-state index in [1.54, 1.807) is 36.4 Å². The Bertz CT molecular complexity index is 1720. The predicted molar refractivity (Wildman–Crippen MR) is 147 cm³/mol. The van der Waals surface area contributed by atoms with Gasteiger partial charge in [-0.05, 0) is 67.4 Å². The maximum atomic E-state index is 14.9. The molecule has 0 aliphatic carbocycles. The van der Waals surface area contributed by atoms with Crippen molar-refractivity contribution >= 4 is 33.8 Å². The minimum atomic E-state index is -0.574. The second-order valence-corrected chi connectivity index (χ2v) is 9.66. The molecule has 0 atom stereocenters. The van der Waals surface area contributed by atoms with Gasteiger partial charge >= 0.3 is 6.09 Å². The van der Waals surface area contributed by atoms with E-state index in [-0.39, 0.29) is 17.3 Å². The third-order valence-corrected chi connectivity index (χ3v) is 7.03. The molecule has 3 aromatic carbocycles. The number of hydrogen-bond acceptors (Lipinski definition) is 6. The number of carbonyl (C=O) groups is 1. The predicted octanol–water partition coefficient (Wildman–Crippen LogP) is 4.84. The van der Waals surface area contributed by atoms with Gasteiger partial charge in [0.2, 0.25) is 5.95 Å². The van der Waals surface area contributed by atoms with Crippen molar-refractivity contribution in [2.24, 2.45) is 0 Å². The van der Waals surface area contributed by atoms with E-state index in [2.05, 4.69) is 30.4 Å². The van der Waals surface area contributed by atoms with E-state index in [1.165, 1.54) is 18.9 Å². The van der Waals surface area contributed by atoms with Gasteiger partial charge in [0.15, 0.2) is 0 Å². The summed E-state index contributed by atoms with van der Waals surface area (Å²) in [6, 6.07) is 17.6. The van der Waals surface area contributed by atoms with E-state index in [0.29, 0.717) is 46.3 Å². The first kappa shape index (κ1) is 24.7. The van der Waals surface area contributed by atoms with Crippen molar-refractivity contribution in [2.75, 3.05) is 31.6 Å². The minimum absolute atomic E-state index is 0.245. The van der Waals surface area contributed by atoms with Crippen LogP contribution in [0.4, 0.5) is 15.1 Å². The molecule has 0 bridgehead atoms. The third kappa shape index (κ3) is 5.37. The zero-order valence-corrected chi connectivity index (χ0v) is 21.2. The largest absolute Gasteiger partial charge is 0.448 e. The van der Waals surface area contributed by atoms with Gasteiger partial charge in [0.05, 0.1) is 22.1 Å². The fraction of sp³-hybridized carbons (Fsp3) is 0.241. The number of ether oxygens (including phenoxy) is 1. The highest BCUT2D eigenvalue weighted by Gasteiger charge is 2.15. The molecule has 198 valence electrons. The van der Waals surface area contributed by atoms with E-state index in [4.69, 9.17) is 4.74 Å². The van der Waals surface area contributed by atoms with Gasteiger partial charge in [-0.1, -0.05) is 30.3 Å². The maximum Gasteiger partial charge on any atom is 0.414 e. The number of amides is 1. The molecule has 1 aliphatic heterocycles. The van der Waals surface area contributed by atoms with Crippen molar-refractivity contribution in [2.45, 2.75) is 19.3 Å². The molecular formula is C29H27FN6O3. The van der Waals surface area contributed by atoms with Crippen molar-refractivity contribution in [1.82, 2.24) is 25.1 Å². The van der Waals surface area contributed by atoms with Gasteiger partial charge in [-0.2, -0.15) is 5.10 Å². The monoisotopic (exact) mass is 526 g/mol. The summed E-state index contributed by atoms with van der Waals surface area (Å²) < 4.78 is 20.2. The van der Waals surface area contributed by atoms with Crippen molar-refractivity contribution in [3.05, 3.63) is 88.1 Å². The van der Waals surface area contributed by atoms with Crippen LogP contribution in [0, 0.1) is 5.82 Å². The van der Waals surface area contributed by atoms with Crippen molar-refractivity contribution in [1.29, 1.82) is 0 Å². The summed E-state index contributed by atoms with van der Waals surface area (Å²) in [6.45, 7) is 3.12. The number of anilines is 1. The van der Waals surface area contributed by atoms with E-state index in [9.17, 15) is 14.0 Å². The number of fused-ring (bicyclic) bond motifs is 2. The number of nitrogens with one attached hydrogen (secondary N) is 3. The molecule has 5 aromatic rings. The van der Waals surface area contributed by atoms with Gasteiger partial charge in [-0.25, -0.2) is 19.3 Å². The molecule has 0 saturated carbocycles. The van der Waals surface area contributed by atoms with Crippen LogP contribution in [0.2, 0.25) is 0 Å². The van der Waals surface area contributed by atoms with Gasteiger partial charge in [-0.15, -0.1) is 0 Å². The first-order chi connectivity index (χ1) is 19.0. The van der Waals surface area contributed by atoms with Gasteiger partial charge in [0.1, 0.15) is 12.4 Å². The minimum Gasteiger partial charge on any atom is -0.448 e. The van der Waals surface area contributed by atoms with Crippen LogP contribution < -0.4 is 10.9 Å². The number of hydrogen-bond donors (Lipinski definition) is 3. The Hall–Kier alpha value is -4.57. The van der Waals surface area contributed by atoms with E-state index in [1.807, 2.05) is 18.2 Å². The van der Waals surface area contributed by atoms with Crippen LogP contribution in [-0.2, 0) is 11.2 Å². The SMILES string of the molecule is O=C(Nc1nc2cc(-c3cc(Cc4n[nH]c(=O)c5ccccc45)ccc3F)ccc2[nH]1)OCCN1CCCC1. The van der Waals surface area contributed by atoms with E-state index in [0.717, 1.165) is 30.6 Å². The molecule has 3 heterocycles. The Labute approximate surface area is 223 Å². The first-order valence-electron chi connectivity index (χ1n) is 12.9. The van der Waals surface area contributed by atoms with Crippen molar-refractivity contribution in [3.63, 3.8) is 0 Å². The molecule has 1 saturated heterocycles. The van der Waals surface area contributed by atoms with Crippen molar-refractivity contribution < 1.29 is 13.9 Å². The fourth-order valence-corrected chi connectivity index (χ4v) is 5.04. The van der Waals surface area contributed by atoms with Crippen LogP contribution in [0.5, 0.6) is 0 Å². The van der Waals surface area contributed by atoms with Crippen LogP contribution in [-0.4, -0.2) is 57.4 Å². The quantitative estimate of drug-likeness (QED) is 0.280. The topological polar surface area (TPSA) is 116 Å². The fourth-order valence-electron chi connectivity index (χ4n) is 5.04. The molecule has 1 amide bonds. The average molecular weight is 527 g/mol. The highest BCUT2D eigenvalue weighted by atomic mass is 19.1. The summed E-state index contributed by atoms with van der Waals surface area (Å²) in [5, 5.41) is 10.7. The molecule has 1 fully saturated rings. The number of nitrogens with zero attached hydrogens (tertiary/aromatic N) is 3. The highest BCUT2D eigenvalue weighted by molar-refractivity contribution is 5.88. The summed E-state index contributed by atoms with van der Waals surface area (Å²) in [5.41, 5.74) is 3.65. The number of halogens is 1. The molecule has 3 N–H and O–H groups in total. The Morgan fingerprint density at radius 2 is 1.87 bits per heavy atom. The first-order valence-corrected chi connectivity index (χ1v) is 12.9. The number of aromatic amines is 2. The smallest absolute Gasteiger partial charge is 0.414 e. The second-order valence-electron chi connectivity index (χ2n) is 9.66. The zero-order chi connectivity index (χ0) is 26.8. The van der Waals surface area contributed by atoms with Gasteiger partial charge in [0.25, 0.3) is 5.56 Å². The number of imidazole rings is 1. The summed E-state index contributed by atoms with van der Waals surface area (Å²) in [7, 11) is 0. The molecule has 39 heavy (non-hydrogen) atoms. The molecule has 0 unspecified atom stereocenters. The third-order valence-electron chi connectivity index (χ3n) is 7.03. The van der Waals surface area contributed by atoms with Crippen molar-refractivity contribution in [3.8, 4) is 11.1 Å². The second kappa shape index (κ2) is 10.7. The lowest BCUT2D eigenvalue weighted by atomic mass is 9.98. The van der Waals surface area contributed by atoms with Crippen LogP contribution in [0.1, 0.15) is 24.1 Å². The number of carbonyl (C=O) groups excluding carboxylic acids is 1. The van der Waals surface area contributed by atoms with E-state index >= 15 is 0 Å². The number of likely N-dealkylation sites (tertiary alicyclic amines) is 1. The number of H-pyrrole nitrogens is 2. The summed E-state index contributed by atoms with van der Waals surface area (Å²) in [5.74, 6) is -0.105. The molecule has 0 radical (unpaired) electrons. The van der Waals surface area contributed by atoms with Gasteiger partial charge < -0.3 is 9.72 Å². The standard InChI is InChI=1S/C29H27FN6O3/c30-23-9-7-18(16-25-20-5-1-2-6-21(20)27(37)35-34-25)15-22(23)19-8-10-24-26(17-19)32-28(31-24)33-29(38)39-14-13-36-11-3-4-12-36/h1-2,5-10,15,17H,3-4,11-14,16H2,(H,35,37)(H2,31,32,33,38). The summed E-state index contributed by atoms with van der Waals surface area (Å²) in [4.78, 5) is 34.1. The lowest BCUT2D eigenvalue weighted by Gasteiger charge is -2.13. The summed E-state index contributed by atoms with van der Waals surface area (Å²) >= 11 is 0. The lowest BCUT2D eigenvalue weighted by molar-refractivity contribution is 0.146. The van der Waals surface area contributed by atoms with Crippen LogP contribution in [0.25, 0.3) is 32.9 Å². The lowest BCUT2D eigenvalue weighted by Crippen LogP contribution is -2.26. The highest BCUT2D eigenvalue weighted by Crippen LogP contribution is 2.28. The molecule has 0 spiro atoms. The molecule has 2 aromatic heterocycles. The number of benzene rings is 3. The molecule has 6 rings (SSSR count). The van der Waals surface area contributed by atoms with Gasteiger partial charge in [0, 0.05) is 23.9 Å². The normalized spacial score (nSPS) is 13.8. The Kier molecular flexibility index (Phi) is 6.76. The maximum absolute atomic E-state index is 14.9. The summed E-state index contributed by atoms with van der Waals surface area (Å²) in [6.07, 6.45) is 2.22. The van der Waals surface area contributed by atoms with Crippen LogP contribution in [0.3, 0.4) is 0 Å². The molecule has 1 aliphatic rings. The Balaban J connectivity index is 1.19. The number of rotatable bonds is 7. The van der Waals surface area contributed by atoms with Gasteiger partial charge in [-0.3, -0.25) is 15.0 Å². The Morgan fingerprint density at radius 3 is 2.72 bits per heavy atom. The van der Waals surface area contributed by atoms with Crippen LogP contribution in [0.15, 0.2) is 65.5 Å². The van der Waals surface area contributed by atoms with E-state index < -0.39 is 6.09 Å². The number of aromatic nitrogens is 4. The molecule has 10 heteroatoms. The Morgan fingerprint density at radius 1 is 1.05 bits per heavy atom. The molecule has 9 nitrogen and oxygen atoms in total. The zero-order valence-electron chi connectivity index (χ0n) is 21.2. The average Bonchev–Trinajstić information content (AvgIpc) is 3.60.